The lowest BCUT2D eigenvalue weighted by Crippen LogP contribution is -2.57. The average Bonchev–Trinajstić information content (AvgIpc) is 2.63. The first kappa shape index (κ1) is 22.1. The highest BCUT2D eigenvalue weighted by Gasteiger charge is 2.28. The van der Waals surface area contributed by atoms with Gasteiger partial charge in [-0.3, -0.25) is 4.79 Å². The minimum atomic E-state index is -3.58. The van der Waals surface area contributed by atoms with Crippen molar-refractivity contribution >= 4 is 28.3 Å². The topological polar surface area (TPSA) is 78.5 Å². The van der Waals surface area contributed by atoms with Crippen LogP contribution < -0.4 is 10.0 Å². The Morgan fingerprint density at radius 2 is 1.93 bits per heavy atom. The third-order valence-electron chi connectivity index (χ3n) is 5.62. The molecule has 0 spiro atoms. The second kappa shape index (κ2) is 9.37. The van der Waals surface area contributed by atoms with E-state index in [1.165, 1.54) is 12.0 Å². The van der Waals surface area contributed by atoms with Crippen molar-refractivity contribution in [1.82, 2.24) is 14.9 Å². The van der Waals surface area contributed by atoms with Crippen LogP contribution >= 0.6 is 12.4 Å². The van der Waals surface area contributed by atoms with Gasteiger partial charge in [0.05, 0.1) is 4.90 Å². The van der Waals surface area contributed by atoms with Crippen LogP contribution in [0.2, 0.25) is 0 Å². The number of hydrogen-bond donors (Lipinski definition) is 2. The first-order valence-corrected chi connectivity index (χ1v) is 11.0. The molecule has 1 aromatic carbocycles. The van der Waals surface area contributed by atoms with Crippen molar-refractivity contribution in [2.75, 3.05) is 19.6 Å². The molecule has 1 aliphatic heterocycles. The van der Waals surface area contributed by atoms with Crippen LogP contribution in [0.5, 0.6) is 0 Å². The Bertz CT molecular complexity index is 769. The molecule has 152 valence electrons. The molecule has 3 rings (SSSR count). The van der Waals surface area contributed by atoms with E-state index in [1.807, 2.05) is 17.9 Å². The predicted molar refractivity (Wildman–Crippen MR) is 109 cm³/mol. The maximum absolute atomic E-state index is 12.5. The summed E-state index contributed by atoms with van der Waals surface area (Å²) < 4.78 is 27.7. The summed E-state index contributed by atoms with van der Waals surface area (Å²) in [5.74, 6) is -0.000934. The molecule has 8 heteroatoms. The number of carbonyl (C=O) groups is 1. The molecular weight excluding hydrogens is 386 g/mol. The van der Waals surface area contributed by atoms with Gasteiger partial charge in [0.15, 0.2) is 0 Å². The largest absolute Gasteiger partial charge is 0.337 e. The Hall–Kier alpha value is -1.15. The fourth-order valence-electron chi connectivity index (χ4n) is 3.80. The number of fused-ring (bicyclic) bond motifs is 1. The summed E-state index contributed by atoms with van der Waals surface area (Å²) >= 11 is 0. The molecule has 0 aromatic heterocycles. The Morgan fingerprint density at radius 1 is 1.22 bits per heavy atom. The van der Waals surface area contributed by atoms with Crippen molar-refractivity contribution in [2.24, 2.45) is 0 Å². The van der Waals surface area contributed by atoms with Crippen LogP contribution in [-0.2, 0) is 27.7 Å². The summed E-state index contributed by atoms with van der Waals surface area (Å²) in [6, 6.07) is 5.76. The lowest BCUT2D eigenvalue weighted by atomic mass is 9.92. The van der Waals surface area contributed by atoms with E-state index in [-0.39, 0.29) is 43.4 Å². The first-order valence-electron chi connectivity index (χ1n) is 9.53. The Morgan fingerprint density at radius 3 is 2.67 bits per heavy atom. The first-order chi connectivity index (χ1) is 12.4. The summed E-state index contributed by atoms with van der Waals surface area (Å²) in [6.07, 6.45) is 4.43. The number of hydrogen-bond acceptors (Lipinski definition) is 4. The molecular formula is C19H30ClN3O3S. The lowest BCUT2D eigenvalue weighted by Gasteiger charge is -2.38. The van der Waals surface area contributed by atoms with Crippen LogP contribution in [0, 0.1) is 0 Å². The standard InChI is InChI=1S/C19H29N3O3S.ClH/c1-14-15(2)22(12-11-20-14)19(23)9-10-21-26(24,25)18-8-7-16-5-3-4-6-17(16)13-18;/h7-8,13-15,20-21H,3-6,9-12H2,1-2H3;1H. The summed E-state index contributed by atoms with van der Waals surface area (Å²) in [7, 11) is -3.58. The number of nitrogens with zero attached hydrogens (tertiary/aromatic N) is 1. The van der Waals surface area contributed by atoms with Gasteiger partial charge in [-0.15, -0.1) is 12.4 Å². The van der Waals surface area contributed by atoms with Gasteiger partial charge >= 0.3 is 0 Å². The van der Waals surface area contributed by atoms with Crippen molar-refractivity contribution in [2.45, 2.75) is 62.9 Å². The minimum absolute atomic E-state index is 0. The van der Waals surface area contributed by atoms with Crippen molar-refractivity contribution < 1.29 is 13.2 Å². The maximum Gasteiger partial charge on any atom is 0.240 e. The van der Waals surface area contributed by atoms with Crippen LogP contribution in [0.3, 0.4) is 0 Å². The zero-order valence-corrected chi connectivity index (χ0v) is 17.7. The van der Waals surface area contributed by atoms with Gasteiger partial charge in [-0.05, 0) is 62.8 Å². The van der Waals surface area contributed by atoms with Crippen LogP contribution in [0.1, 0.15) is 44.2 Å². The summed E-state index contributed by atoms with van der Waals surface area (Å²) in [5.41, 5.74) is 2.39. The number of aryl methyl sites for hydroxylation is 2. The zero-order valence-electron chi connectivity index (χ0n) is 16.0. The number of amides is 1. The zero-order chi connectivity index (χ0) is 18.7. The molecule has 2 aliphatic rings. The number of rotatable bonds is 5. The quantitative estimate of drug-likeness (QED) is 0.769. The van der Waals surface area contributed by atoms with Crippen LogP contribution in [0.4, 0.5) is 0 Å². The number of benzene rings is 1. The molecule has 2 unspecified atom stereocenters. The Kier molecular flexibility index (Phi) is 7.68. The molecule has 1 aliphatic carbocycles. The highest BCUT2D eigenvalue weighted by atomic mass is 35.5. The molecule has 1 amide bonds. The van der Waals surface area contributed by atoms with Gasteiger partial charge in [-0.1, -0.05) is 6.07 Å². The fraction of sp³-hybridized carbons (Fsp3) is 0.632. The maximum atomic E-state index is 12.5. The van der Waals surface area contributed by atoms with Crippen molar-refractivity contribution in [3.63, 3.8) is 0 Å². The normalized spacial score (nSPS) is 22.7. The van der Waals surface area contributed by atoms with Gasteiger partial charge in [0.1, 0.15) is 0 Å². The minimum Gasteiger partial charge on any atom is -0.337 e. The molecule has 2 atom stereocenters. The van der Waals surface area contributed by atoms with Crippen molar-refractivity contribution in [3.8, 4) is 0 Å². The van der Waals surface area contributed by atoms with E-state index in [4.69, 9.17) is 0 Å². The van der Waals surface area contributed by atoms with Gasteiger partial charge in [0.2, 0.25) is 15.9 Å². The van der Waals surface area contributed by atoms with Gasteiger partial charge in [-0.25, -0.2) is 13.1 Å². The number of carbonyl (C=O) groups excluding carboxylic acids is 1. The van der Waals surface area contributed by atoms with Gasteiger partial charge < -0.3 is 10.2 Å². The number of halogens is 1. The number of piperazine rings is 1. The summed E-state index contributed by atoms with van der Waals surface area (Å²) in [6.45, 7) is 5.65. The van der Waals surface area contributed by atoms with Crippen LogP contribution in [0.25, 0.3) is 0 Å². The fourth-order valence-corrected chi connectivity index (χ4v) is 4.89. The van der Waals surface area contributed by atoms with E-state index in [9.17, 15) is 13.2 Å². The van der Waals surface area contributed by atoms with Gasteiger partial charge in [0, 0.05) is 38.1 Å². The predicted octanol–water partition coefficient (Wildman–Crippen LogP) is 1.86. The van der Waals surface area contributed by atoms with Gasteiger partial charge in [0.25, 0.3) is 0 Å². The molecule has 27 heavy (non-hydrogen) atoms. The monoisotopic (exact) mass is 415 g/mol. The van der Waals surface area contributed by atoms with E-state index in [2.05, 4.69) is 17.0 Å². The molecule has 1 heterocycles. The molecule has 0 bridgehead atoms. The summed E-state index contributed by atoms with van der Waals surface area (Å²) in [4.78, 5) is 14.6. The van der Waals surface area contributed by atoms with Crippen molar-refractivity contribution in [3.05, 3.63) is 29.3 Å². The lowest BCUT2D eigenvalue weighted by molar-refractivity contribution is -0.134. The highest BCUT2D eigenvalue weighted by molar-refractivity contribution is 7.89. The van der Waals surface area contributed by atoms with E-state index in [0.29, 0.717) is 11.4 Å². The average molecular weight is 416 g/mol. The third-order valence-corrected chi connectivity index (χ3v) is 7.07. The molecule has 1 fully saturated rings. The van der Waals surface area contributed by atoms with E-state index < -0.39 is 10.0 Å². The van der Waals surface area contributed by atoms with Gasteiger partial charge in [-0.2, -0.15) is 0 Å². The molecule has 6 nitrogen and oxygen atoms in total. The third kappa shape index (κ3) is 5.22. The molecule has 0 saturated carbocycles. The Balaban J connectivity index is 0.00000261. The van der Waals surface area contributed by atoms with E-state index in [1.54, 1.807) is 12.1 Å². The highest BCUT2D eigenvalue weighted by Crippen LogP contribution is 2.24. The molecule has 1 saturated heterocycles. The molecule has 2 N–H and O–H groups in total. The Labute approximate surface area is 168 Å². The number of nitrogens with one attached hydrogen (secondary N) is 2. The number of sulfonamides is 1. The smallest absolute Gasteiger partial charge is 0.240 e. The second-order valence-electron chi connectivity index (χ2n) is 7.36. The molecule has 1 aromatic rings. The summed E-state index contributed by atoms with van der Waals surface area (Å²) in [5, 5.41) is 3.34. The van der Waals surface area contributed by atoms with E-state index in [0.717, 1.165) is 31.4 Å². The second-order valence-corrected chi connectivity index (χ2v) is 9.12. The van der Waals surface area contributed by atoms with Crippen LogP contribution in [0.15, 0.2) is 23.1 Å². The SMILES string of the molecule is CC1NCCN(C(=O)CCNS(=O)(=O)c2ccc3c(c2)CCCC3)C1C.Cl. The molecule has 0 radical (unpaired) electrons. The van der Waals surface area contributed by atoms with Crippen LogP contribution in [-0.4, -0.2) is 50.9 Å². The van der Waals surface area contributed by atoms with Crippen molar-refractivity contribution in [1.29, 1.82) is 0 Å². The van der Waals surface area contributed by atoms with E-state index >= 15 is 0 Å².